The van der Waals surface area contributed by atoms with E-state index < -0.39 is 17.1 Å². The van der Waals surface area contributed by atoms with Crippen LogP contribution >= 0.6 is 11.8 Å². The normalized spacial score (nSPS) is 21.2. The summed E-state index contributed by atoms with van der Waals surface area (Å²) in [7, 11) is 0. The van der Waals surface area contributed by atoms with Crippen LogP contribution in [-0.2, 0) is 12.3 Å². The van der Waals surface area contributed by atoms with Crippen molar-refractivity contribution in [1.82, 2.24) is 14.7 Å². The van der Waals surface area contributed by atoms with Crippen LogP contribution in [0.2, 0.25) is 0 Å². The predicted octanol–water partition coefficient (Wildman–Crippen LogP) is 4.24. The molecule has 2 atom stereocenters. The van der Waals surface area contributed by atoms with Crippen LogP contribution in [0.5, 0.6) is 5.75 Å². The number of thioether (sulfide) groups is 1. The van der Waals surface area contributed by atoms with Gasteiger partial charge in [0.2, 0.25) is 5.43 Å². The van der Waals surface area contributed by atoms with Gasteiger partial charge in [0.1, 0.15) is 18.1 Å². The Labute approximate surface area is 212 Å². The van der Waals surface area contributed by atoms with E-state index in [1.54, 1.807) is 28.8 Å². The van der Waals surface area contributed by atoms with Crippen LogP contribution in [0, 0.1) is 12.8 Å². The van der Waals surface area contributed by atoms with Crippen molar-refractivity contribution < 1.29 is 14.4 Å². The molecule has 2 aromatic heterocycles. The van der Waals surface area contributed by atoms with Gasteiger partial charge < -0.3 is 14.5 Å². The Bertz CT molecular complexity index is 1490. The summed E-state index contributed by atoms with van der Waals surface area (Å²) in [4.78, 5) is 28.8. The Balaban J connectivity index is 1.54. The summed E-state index contributed by atoms with van der Waals surface area (Å²) in [6.45, 7) is 4.45. The average Bonchev–Trinajstić information content (AvgIpc) is 3.20. The lowest BCUT2D eigenvalue weighted by atomic mass is 9.86. The smallest absolute Gasteiger partial charge is 0.278 e. The summed E-state index contributed by atoms with van der Waals surface area (Å²) < 4.78 is 6.88. The van der Waals surface area contributed by atoms with E-state index in [4.69, 9.17) is 4.52 Å². The number of aromatic nitrogens is 2. The second-order valence-corrected chi connectivity index (χ2v) is 10.6. The Kier molecular flexibility index (Phi) is 5.52. The molecular weight excluding hydrogens is 476 g/mol. The molecule has 1 amide bonds. The second kappa shape index (κ2) is 8.74. The zero-order valence-electron chi connectivity index (χ0n) is 20.0. The fourth-order valence-corrected chi connectivity index (χ4v) is 6.41. The summed E-state index contributed by atoms with van der Waals surface area (Å²) in [6.07, 6.45) is 6.93. The van der Waals surface area contributed by atoms with E-state index in [2.05, 4.69) is 47.4 Å². The first-order valence-electron chi connectivity index (χ1n) is 12.0. The first-order valence-corrected chi connectivity index (χ1v) is 12.9. The van der Waals surface area contributed by atoms with Gasteiger partial charge in [0.05, 0.1) is 12.6 Å². The van der Waals surface area contributed by atoms with E-state index in [0.717, 1.165) is 17.7 Å². The molecule has 3 aromatic rings. The molecule has 8 nitrogen and oxygen atoms in total. The zero-order valence-corrected chi connectivity index (χ0v) is 20.9. The molecule has 0 fully saturated rings. The molecule has 4 heterocycles. The summed E-state index contributed by atoms with van der Waals surface area (Å²) in [5.41, 5.74) is 3.65. The monoisotopic (exact) mass is 502 g/mol. The fraction of sp³-hybridized carbons (Fsp3) is 0.296. The van der Waals surface area contributed by atoms with Gasteiger partial charge in [0.15, 0.2) is 11.4 Å². The van der Waals surface area contributed by atoms with E-state index >= 15 is 0 Å². The number of aromatic hydroxyl groups is 1. The van der Waals surface area contributed by atoms with Crippen molar-refractivity contribution in [1.29, 1.82) is 0 Å². The van der Waals surface area contributed by atoms with Crippen LogP contribution in [0.15, 0.2) is 74.5 Å². The zero-order chi connectivity index (χ0) is 25.0. The molecule has 9 heteroatoms. The molecule has 0 saturated carbocycles. The number of benzene rings is 1. The maximum Gasteiger partial charge on any atom is 0.278 e. The molecule has 0 bridgehead atoms. The number of nitrogens with zero attached hydrogens (tertiary/aromatic N) is 4. The lowest BCUT2D eigenvalue weighted by molar-refractivity contribution is 0.0660. The van der Waals surface area contributed by atoms with Gasteiger partial charge in [-0.2, -0.15) is 0 Å². The standard InChI is InChI=1S/C27H26N4O4S/c1-16-7-8-23-21(11-16)24(20-6-4-3-5-18(20)14-36-23)31-15-29(13-19-12-17(2)35-28-19)27(34)25-26(33)22(32)9-10-30(25)31/h3-10,12,16,24,33H,11,13-15H2,1-2H3. The third kappa shape index (κ3) is 3.74. The van der Waals surface area contributed by atoms with E-state index in [1.807, 2.05) is 17.8 Å². The van der Waals surface area contributed by atoms with Crippen LogP contribution in [0.3, 0.4) is 0 Å². The average molecular weight is 503 g/mol. The van der Waals surface area contributed by atoms with Crippen molar-refractivity contribution in [2.75, 3.05) is 11.7 Å². The molecule has 2 unspecified atom stereocenters. The van der Waals surface area contributed by atoms with E-state index in [9.17, 15) is 14.7 Å². The number of fused-ring (bicyclic) bond motifs is 2. The van der Waals surface area contributed by atoms with E-state index in [-0.39, 0.29) is 24.9 Å². The molecule has 2 aliphatic heterocycles. The predicted molar refractivity (Wildman–Crippen MR) is 137 cm³/mol. The first-order chi connectivity index (χ1) is 17.4. The first kappa shape index (κ1) is 22.7. The van der Waals surface area contributed by atoms with Crippen molar-refractivity contribution in [2.45, 2.75) is 38.6 Å². The molecule has 0 radical (unpaired) electrons. The number of aryl methyl sites for hydroxylation is 1. The lowest BCUT2D eigenvalue weighted by Crippen LogP contribution is -2.55. The maximum atomic E-state index is 13.6. The Morgan fingerprint density at radius 2 is 2.06 bits per heavy atom. The van der Waals surface area contributed by atoms with Gasteiger partial charge in [-0.15, -0.1) is 11.8 Å². The molecule has 0 saturated heterocycles. The molecule has 3 aliphatic rings. The highest BCUT2D eigenvalue weighted by Crippen LogP contribution is 2.46. The Morgan fingerprint density at radius 1 is 1.22 bits per heavy atom. The minimum absolute atomic E-state index is 0.0371. The number of carbonyl (C=O) groups is 1. The van der Waals surface area contributed by atoms with Crippen molar-refractivity contribution >= 4 is 17.7 Å². The van der Waals surface area contributed by atoms with E-state index in [0.29, 0.717) is 17.4 Å². The Hall–Kier alpha value is -3.72. The summed E-state index contributed by atoms with van der Waals surface area (Å²) in [5.74, 6) is 0.902. The van der Waals surface area contributed by atoms with Gasteiger partial charge in [0, 0.05) is 29.0 Å². The largest absolute Gasteiger partial charge is 0.502 e. The molecule has 184 valence electrons. The molecule has 1 aromatic carbocycles. The van der Waals surface area contributed by atoms with Gasteiger partial charge in [-0.1, -0.05) is 48.5 Å². The number of allylic oxidation sites excluding steroid dienone is 2. The number of amides is 1. The van der Waals surface area contributed by atoms with Gasteiger partial charge >= 0.3 is 0 Å². The quantitative estimate of drug-likeness (QED) is 0.573. The topological polar surface area (TPSA) is 91.8 Å². The SMILES string of the molecule is Cc1cc(CN2CN(C3C4=C(C=CC(C)C4)SCc4ccccc43)n3ccc(=O)c(O)c3C2=O)no1. The third-order valence-corrected chi connectivity index (χ3v) is 8.13. The number of carbonyl (C=O) groups excluding carboxylic acids is 1. The van der Waals surface area contributed by atoms with Crippen LogP contribution in [0.25, 0.3) is 0 Å². The van der Waals surface area contributed by atoms with Gasteiger partial charge in [-0.05, 0) is 36.0 Å². The molecule has 6 rings (SSSR count). The number of hydrogen-bond acceptors (Lipinski definition) is 7. The maximum absolute atomic E-state index is 13.6. The van der Waals surface area contributed by atoms with Gasteiger partial charge in [-0.3, -0.25) is 19.3 Å². The van der Waals surface area contributed by atoms with Crippen LogP contribution in [-0.4, -0.2) is 32.4 Å². The molecule has 36 heavy (non-hydrogen) atoms. The van der Waals surface area contributed by atoms with Gasteiger partial charge in [0.25, 0.3) is 5.91 Å². The highest BCUT2D eigenvalue weighted by Gasteiger charge is 2.40. The highest BCUT2D eigenvalue weighted by molar-refractivity contribution is 8.02. The minimum Gasteiger partial charge on any atom is -0.502 e. The van der Waals surface area contributed by atoms with E-state index in [1.165, 1.54) is 22.1 Å². The molecular formula is C27H26N4O4S. The van der Waals surface area contributed by atoms with Crippen molar-refractivity contribution in [3.8, 4) is 5.75 Å². The number of pyridine rings is 1. The van der Waals surface area contributed by atoms with Gasteiger partial charge in [-0.25, -0.2) is 0 Å². The molecule has 1 aliphatic carbocycles. The summed E-state index contributed by atoms with van der Waals surface area (Å²) >= 11 is 1.83. The van der Waals surface area contributed by atoms with Crippen LogP contribution in [0.4, 0.5) is 0 Å². The number of hydrogen-bond donors (Lipinski definition) is 1. The van der Waals surface area contributed by atoms with Crippen LogP contribution < -0.4 is 10.4 Å². The van der Waals surface area contributed by atoms with Crippen molar-refractivity contribution in [3.05, 3.63) is 104 Å². The highest BCUT2D eigenvalue weighted by atomic mass is 32.2. The van der Waals surface area contributed by atoms with Crippen LogP contribution in [0.1, 0.15) is 52.5 Å². The van der Waals surface area contributed by atoms with Crippen molar-refractivity contribution in [3.63, 3.8) is 0 Å². The molecule has 1 N–H and O–H groups in total. The fourth-order valence-electron chi connectivity index (χ4n) is 5.28. The Morgan fingerprint density at radius 3 is 2.86 bits per heavy atom. The summed E-state index contributed by atoms with van der Waals surface area (Å²) in [5, 5.41) is 16.9. The summed E-state index contributed by atoms with van der Waals surface area (Å²) in [6, 6.07) is 11.3. The van der Waals surface area contributed by atoms with Crippen molar-refractivity contribution in [2.24, 2.45) is 5.92 Å². The second-order valence-electron chi connectivity index (χ2n) is 9.55. The number of rotatable bonds is 3. The minimum atomic E-state index is -0.584. The third-order valence-electron chi connectivity index (χ3n) is 6.96. The molecule has 0 spiro atoms. The lowest BCUT2D eigenvalue weighted by Gasteiger charge is -2.45.